The quantitative estimate of drug-likeness (QED) is 0.0142. The van der Waals surface area contributed by atoms with Crippen LogP contribution >= 0.6 is 0 Å². The highest BCUT2D eigenvalue weighted by molar-refractivity contribution is 5.98. The van der Waals surface area contributed by atoms with Crippen molar-refractivity contribution in [3.8, 4) is 0 Å². The second kappa shape index (κ2) is 26.4. The number of amides is 7. The van der Waals surface area contributed by atoms with E-state index in [1.165, 1.54) is 12.1 Å². The molecule has 4 atom stereocenters. The van der Waals surface area contributed by atoms with Crippen molar-refractivity contribution in [1.29, 1.82) is 0 Å². The fourth-order valence-corrected chi connectivity index (χ4v) is 5.61. The Morgan fingerprint density at radius 1 is 0.721 bits per heavy atom. The molecule has 1 fully saturated rings. The van der Waals surface area contributed by atoms with Gasteiger partial charge in [0.2, 0.25) is 35.4 Å². The first-order chi connectivity index (χ1) is 29.2. The molecule has 0 spiro atoms. The van der Waals surface area contributed by atoms with Gasteiger partial charge in [-0.25, -0.2) is 5.84 Å². The molecule has 7 amide bonds. The number of aliphatic carboxylic acids is 1. The molecule has 3 rings (SSSR count). The zero-order chi connectivity index (χ0) is 44.6. The van der Waals surface area contributed by atoms with E-state index in [-0.39, 0.29) is 83.5 Å². The third kappa shape index (κ3) is 18.8. The molecule has 1 aliphatic rings. The number of guanidine groups is 1. The summed E-state index contributed by atoms with van der Waals surface area (Å²) >= 11 is 0. The predicted molar refractivity (Wildman–Crippen MR) is 215 cm³/mol. The Labute approximate surface area is 350 Å². The molecular formula is C38H53N11O12. The first-order valence-corrected chi connectivity index (χ1v) is 19.1. The molecule has 0 aromatic heterocycles. The van der Waals surface area contributed by atoms with E-state index in [1.807, 2.05) is 5.43 Å². The number of hydrogen-bond donors (Lipinski definition) is 11. The Balaban J connectivity index is 1.80. The van der Waals surface area contributed by atoms with Crippen LogP contribution in [0.1, 0.15) is 42.0 Å². The average molecular weight is 856 g/mol. The Bertz CT molecular complexity index is 1830. The lowest BCUT2D eigenvalue weighted by Gasteiger charge is -2.26. The van der Waals surface area contributed by atoms with Crippen LogP contribution in [-0.4, -0.2) is 129 Å². The number of carbonyl (C=O) groups is 8. The normalized spacial score (nSPS) is 18.7. The summed E-state index contributed by atoms with van der Waals surface area (Å²) in [6.45, 7) is -0.304. The van der Waals surface area contributed by atoms with Crippen molar-refractivity contribution in [3.63, 3.8) is 0 Å². The number of carbonyl (C=O) groups excluding carboxylic acids is 7. The van der Waals surface area contributed by atoms with Gasteiger partial charge in [-0.05, 0) is 29.5 Å². The molecule has 0 bridgehead atoms. The van der Waals surface area contributed by atoms with Crippen LogP contribution in [0.5, 0.6) is 0 Å². The number of hydrogen-bond acceptors (Lipinski definition) is 13. The van der Waals surface area contributed by atoms with E-state index in [1.54, 1.807) is 42.5 Å². The maximum absolute atomic E-state index is 14.1. The van der Waals surface area contributed by atoms with Gasteiger partial charge in [0.25, 0.3) is 5.91 Å². The van der Waals surface area contributed by atoms with E-state index in [9.17, 15) is 43.5 Å². The third-order valence-corrected chi connectivity index (χ3v) is 8.67. The largest absolute Gasteiger partial charge is 0.481 e. The summed E-state index contributed by atoms with van der Waals surface area (Å²) in [5.74, 6) is -1.89. The SMILES string of the molecule is NNC(=O)COCCOCCOCC(=O)NCc1ccc([C@@H]2NC(=O)[C@@H](Cc3ccccc3)NC(=O)[C@H](CC(=O)O)NC(=O)CNC(=O)[C@H](CCCN=C(N)N)NC2=O)cc1. The van der Waals surface area contributed by atoms with Crippen LogP contribution < -0.4 is 54.6 Å². The van der Waals surface area contributed by atoms with Crippen LogP contribution in [0.3, 0.4) is 0 Å². The molecule has 2 aromatic rings. The van der Waals surface area contributed by atoms with Crippen molar-refractivity contribution in [2.45, 2.75) is 56.4 Å². The van der Waals surface area contributed by atoms with Gasteiger partial charge >= 0.3 is 5.97 Å². The Morgan fingerprint density at radius 2 is 1.34 bits per heavy atom. The second-order valence-corrected chi connectivity index (χ2v) is 13.4. The zero-order valence-corrected chi connectivity index (χ0v) is 33.3. The molecule has 1 heterocycles. The summed E-state index contributed by atoms with van der Waals surface area (Å²) in [6.07, 6.45) is -0.719. The zero-order valence-electron chi connectivity index (χ0n) is 33.3. The van der Waals surface area contributed by atoms with Gasteiger partial charge in [0.15, 0.2) is 5.96 Å². The number of nitrogens with two attached hydrogens (primary N) is 3. The number of aliphatic imine (C=N–C) groups is 1. The van der Waals surface area contributed by atoms with Crippen LogP contribution in [-0.2, 0) is 65.5 Å². The van der Waals surface area contributed by atoms with Crippen LogP contribution in [0.4, 0.5) is 0 Å². The topological polar surface area (TPSA) is 359 Å². The Hall–Kier alpha value is -6.69. The van der Waals surface area contributed by atoms with Gasteiger partial charge < -0.3 is 62.7 Å². The number of benzene rings is 2. The van der Waals surface area contributed by atoms with E-state index in [4.69, 9.17) is 31.5 Å². The molecule has 332 valence electrons. The van der Waals surface area contributed by atoms with Crippen molar-refractivity contribution in [2.75, 3.05) is 52.7 Å². The van der Waals surface area contributed by atoms with Crippen LogP contribution in [0.2, 0.25) is 0 Å². The number of ether oxygens (including phenoxy) is 3. The molecule has 2 aromatic carbocycles. The molecule has 23 heteroatoms. The number of carboxylic acids is 1. The number of carboxylic acid groups (broad SMARTS) is 1. The van der Waals surface area contributed by atoms with Crippen molar-refractivity contribution in [3.05, 3.63) is 71.3 Å². The monoisotopic (exact) mass is 855 g/mol. The van der Waals surface area contributed by atoms with E-state index in [0.717, 1.165) is 0 Å². The van der Waals surface area contributed by atoms with Gasteiger partial charge in [0.05, 0.1) is 39.4 Å². The van der Waals surface area contributed by atoms with Crippen LogP contribution in [0.15, 0.2) is 59.6 Å². The van der Waals surface area contributed by atoms with Crippen molar-refractivity contribution in [1.82, 2.24) is 37.3 Å². The number of nitrogens with zero attached hydrogens (tertiary/aromatic N) is 1. The summed E-state index contributed by atoms with van der Waals surface area (Å²) in [5, 5.41) is 24.7. The molecule has 0 saturated carbocycles. The highest BCUT2D eigenvalue weighted by Gasteiger charge is 2.34. The smallest absolute Gasteiger partial charge is 0.305 e. The van der Waals surface area contributed by atoms with Crippen molar-refractivity contribution in [2.24, 2.45) is 22.3 Å². The standard InChI is InChI=1S/C38H53N11O12/c39-38(40)42-12-4-7-26-34(55)44-20-29(50)45-28(18-32(53)54)35(56)47-27(17-23-5-2-1-3-6-23)36(57)48-33(37(58)46-26)25-10-8-24(9-11-25)19-43-30(51)21-60-15-13-59-14-16-61-22-31(52)49-41/h1-3,5-6,8-11,26-28,33H,4,7,12-22,41H2,(H,43,51)(H,44,55)(H,45,50)(H,46,58)(H,47,56)(H,48,57)(H,49,52)(H,53,54)(H4,39,40,42)/t26-,27+,28-,33-/m0/s1. The van der Waals surface area contributed by atoms with E-state index in [2.05, 4.69) is 36.9 Å². The summed E-state index contributed by atoms with van der Waals surface area (Å²) < 4.78 is 15.7. The molecule has 23 nitrogen and oxygen atoms in total. The minimum Gasteiger partial charge on any atom is -0.481 e. The summed E-state index contributed by atoms with van der Waals surface area (Å²) in [7, 11) is 0. The van der Waals surface area contributed by atoms with Gasteiger partial charge in [-0.3, -0.25) is 48.8 Å². The second-order valence-electron chi connectivity index (χ2n) is 13.4. The maximum Gasteiger partial charge on any atom is 0.305 e. The molecule has 0 aliphatic carbocycles. The molecule has 14 N–H and O–H groups in total. The van der Waals surface area contributed by atoms with E-state index >= 15 is 0 Å². The summed E-state index contributed by atoms with van der Waals surface area (Å²) in [6, 6.07) is 9.14. The lowest BCUT2D eigenvalue weighted by atomic mass is 10.0. The van der Waals surface area contributed by atoms with Gasteiger partial charge in [0, 0.05) is 19.5 Å². The van der Waals surface area contributed by atoms with Crippen molar-refractivity contribution < 1.29 is 57.7 Å². The molecule has 61 heavy (non-hydrogen) atoms. The molecule has 0 unspecified atom stereocenters. The summed E-state index contributed by atoms with van der Waals surface area (Å²) in [4.78, 5) is 107. The van der Waals surface area contributed by atoms with Gasteiger partial charge in [0.1, 0.15) is 37.4 Å². The fourth-order valence-electron chi connectivity index (χ4n) is 5.61. The fraction of sp³-hybridized carbons (Fsp3) is 0.447. The Morgan fingerprint density at radius 3 is 1.98 bits per heavy atom. The first-order valence-electron chi connectivity index (χ1n) is 19.1. The Kier molecular flexibility index (Phi) is 21.1. The lowest BCUT2D eigenvalue weighted by Crippen LogP contribution is -2.56. The number of hydrazine groups is 1. The van der Waals surface area contributed by atoms with Crippen molar-refractivity contribution >= 4 is 53.3 Å². The number of rotatable bonds is 21. The predicted octanol–water partition coefficient (Wildman–Crippen LogP) is -4.15. The van der Waals surface area contributed by atoms with Gasteiger partial charge in [-0.2, -0.15) is 0 Å². The minimum absolute atomic E-state index is 0.00379. The van der Waals surface area contributed by atoms with E-state index < -0.39 is 84.5 Å². The summed E-state index contributed by atoms with van der Waals surface area (Å²) in [5.41, 5.74) is 14.3. The van der Waals surface area contributed by atoms with Gasteiger partial charge in [-0.1, -0.05) is 54.6 Å². The third-order valence-electron chi connectivity index (χ3n) is 8.67. The lowest BCUT2D eigenvalue weighted by molar-refractivity contribution is -0.141. The van der Waals surface area contributed by atoms with Crippen LogP contribution in [0.25, 0.3) is 0 Å². The minimum atomic E-state index is -1.63. The maximum atomic E-state index is 14.1. The molecule has 1 saturated heterocycles. The van der Waals surface area contributed by atoms with E-state index in [0.29, 0.717) is 11.1 Å². The molecular weight excluding hydrogens is 802 g/mol. The molecule has 1 aliphatic heterocycles. The molecule has 0 radical (unpaired) electrons. The van der Waals surface area contributed by atoms with Gasteiger partial charge in [-0.15, -0.1) is 0 Å². The average Bonchev–Trinajstić information content (AvgIpc) is 3.23. The highest BCUT2D eigenvalue weighted by Crippen LogP contribution is 2.17. The highest BCUT2D eigenvalue weighted by atomic mass is 16.5. The number of nitrogens with one attached hydrogen (secondary N) is 7. The first kappa shape index (κ1) is 48.7. The van der Waals surface area contributed by atoms with Crippen LogP contribution in [0, 0.1) is 0 Å².